The van der Waals surface area contributed by atoms with Crippen molar-refractivity contribution in [3.63, 3.8) is 0 Å². The van der Waals surface area contributed by atoms with Gasteiger partial charge in [0.05, 0.1) is 17.7 Å². The number of nitrogens with two attached hydrogens (primary N) is 1. The van der Waals surface area contributed by atoms with Crippen molar-refractivity contribution in [1.29, 1.82) is 0 Å². The number of carbonyl (C=O) groups is 1. The first kappa shape index (κ1) is 20.4. The fourth-order valence-electron chi connectivity index (χ4n) is 4.74. The molecule has 5 rings (SSSR count). The number of nitrogens with zero attached hydrogens (tertiary/aromatic N) is 5. The molecule has 1 unspecified atom stereocenters. The highest BCUT2D eigenvalue weighted by Crippen LogP contribution is 2.41. The Morgan fingerprint density at radius 3 is 2.88 bits per heavy atom. The zero-order valence-electron chi connectivity index (χ0n) is 17.8. The molecule has 1 saturated heterocycles. The van der Waals surface area contributed by atoms with Gasteiger partial charge in [-0.15, -0.1) is 0 Å². The van der Waals surface area contributed by atoms with Crippen molar-refractivity contribution in [1.82, 2.24) is 24.4 Å². The Morgan fingerprint density at radius 2 is 2.03 bits per heavy atom. The molecule has 166 valence electrons. The van der Waals surface area contributed by atoms with Crippen LogP contribution >= 0.6 is 0 Å². The van der Waals surface area contributed by atoms with Gasteiger partial charge in [0, 0.05) is 25.1 Å². The molecule has 3 aromatic rings. The summed E-state index contributed by atoms with van der Waals surface area (Å²) in [6.07, 6.45) is 11.0. The van der Waals surface area contributed by atoms with Gasteiger partial charge in [0.2, 0.25) is 18.6 Å². The minimum absolute atomic E-state index is 0.192. The van der Waals surface area contributed by atoms with Crippen LogP contribution in [0.2, 0.25) is 0 Å². The second kappa shape index (κ2) is 8.58. The van der Waals surface area contributed by atoms with Crippen molar-refractivity contribution < 1.29 is 14.3 Å². The number of aromatic nitrogens is 4. The van der Waals surface area contributed by atoms with Crippen LogP contribution in [0.25, 0.3) is 5.95 Å². The highest BCUT2D eigenvalue weighted by molar-refractivity contribution is 5.75. The van der Waals surface area contributed by atoms with Crippen LogP contribution in [-0.2, 0) is 16.9 Å². The average Bonchev–Trinajstić information content (AvgIpc) is 3.45. The van der Waals surface area contributed by atoms with Crippen LogP contribution in [0.1, 0.15) is 43.4 Å². The molecule has 1 atom stereocenters. The van der Waals surface area contributed by atoms with Crippen LogP contribution in [0.3, 0.4) is 0 Å². The van der Waals surface area contributed by atoms with E-state index >= 15 is 0 Å². The molecule has 9 nitrogen and oxygen atoms in total. The zero-order valence-corrected chi connectivity index (χ0v) is 17.8. The average molecular weight is 435 g/mol. The second-order valence-corrected chi connectivity index (χ2v) is 8.31. The normalized spacial score (nSPS) is 20.8. The molecule has 0 bridgehead atoms. The van der Waals surface area contributed by atoms with Gasteiger partial charge >= 0.3 is 0 Å². The predicted molar refractivity (Wildman–Crippen MR) is 116 cm³/mol. The van der Waals surface area contributed by atoms with E-state index in [1.54, 1.807) is 29.5 Å². The van der Waals surface area contributed by atoms with Crippen molar-refractivity contribution in [3.8, 4) is 17.4 Å². The minimum Gasteiger partial charge on any atom is -0.454 e. The number of likely N-dealkylation sites (tertiary alicyclic amines) is 1. The first-order valence-electron chi connectivity index (χ1n) is 10.9. The Labute approximate surface area is 186 Å². The topological polar surface area (TPSA) is 108 Å². The van der Waals surface area contributed by atoms with Crippen LogP contribution in [-0.4, -0.2) is 43.7 Å². The molecule has 1 amide bonds. The molecule has 2 aliphatic heterocycles. The van der Waals surface area contributed by atoms with Gasteiger partial charge in [-0.05, 0) is 43.1 Å². The van der Waals surface area contributed by atoms with Gasteiger partial charge in [-0.1, -0.05) is 18.9 Å². The monoisotopic (exact) mass is 434 g/mol. The quantitative estimate of drug-likeness (QED) is 0.635. The molecule has 9 heteroatoms. The molecule has 1 aromatic carbocycles. The van der Waals surface area contributed by atoms with Gasteiger partial charge < -0.3 is 15.2 Å². The number of rotatable bonds is 6. The molecular formula is C23H26N6O3. The van der Waals surface area contributed by atoms with Gasteiger partial charge in [0.15, 0.2) is 11.5 Å². The summed E-state index contributed by atoms with van der Waals surface area (Å²) in [5, 5.41) is 0. The number of hydrogen-bond acceptors (Lipinski definition) is 7. The van der Waals surface area contributed by atoms with E-state index in [9.17, 15) is 4.79 Å². The molecule has 0 saturated carbocycles. The third-order valence-corrected chi connectivity index (χ3v) is 6.26. The van der Waals surface area contributed by atoms with Crippen molar-refractivity contribution >= 4 is 5.91 Å². The number of benzene rings is 1. The molecule has 32 heavy (non-hydrogen) atoms. The lowest BCUT2D eigenvalue weighted by atomic mass is 9.83. The highest BCUT2D eigenvalue weighted by Gasteiger charge is 2.42. The summed E-state index contributed by atoms with van der Waals surface area (Å²) >= 11 is 0. The van der Waals surface area contributed by atoms with E-state index in [0.29, 0.717) is 12.5 Å². The van der Waals surface area contributed by atoms with Gasteiger partial charge in [-0.3, -0.25) is 14.3 Å². The van der Waals surface area contributed by atoms with Crippen molar-refractivity contribution in [2.24, 2.45) is 5.73 Å². The molecule has 0 radical (unpaired) electrons. The van der Waals surface area contributed by atoms with E-state index in [0.717, 1.165) is 55.0 Å². The fraction of sp³-hybridized carbons (Fsp3) is 0.391. The molecule has 0 spiro atoms. The maximum absolute atomic E-state index is 12.3. The largest absolute Gasteiger partial charge is 0.454 e. The lowest BCUT2D eigenvalue weighted by Gasteiger charge is -2.42. The summed E-state index contributed by atoms with van der Waals surface area (Å²) in [6.45, 7) is 1.73. The Bertz CT molecular complexity index is 1100. The number of carbonyl (C=O) groups excluding carboxylic acids is 1. The first-order chi connectivity index (χ1) is 15.6. The second-order valence-electron chi connectivity index (χ2n) is 8.31. The van der Waals surface area contributed by atoms with E-state index < -0.39 is 5.54 Å². The Balaban J connectivity index is 1.55. The third kappa shape index (κ3) is 3.91. The maximum Gasteiger partial charge on any atom is 0.235 e. The molecule has 0 aliphatic carbocycles. The van der Waals surface area contributed by atoms with Crippen molar-refractivity contribution in [3.05, 3.63) is 60.4 Å². The number of amides is 1. The number of ether oxygens (including phenoxy) is 2. The highest BCUT2D eigenvalue weighted by atomic mass is 16.7. The summed E-state index contributed by atoms with van der Waals surface area (Å²) in [5.41, 5.74) is 7.08. The van der Waals surface area contributed by atoms with Gasteiger partial charge in [-0.25, -0.2) is 15.0 Å². The van der Waals surface area contributed by atoms with Crippen LogP contribution in [0.5, 0.6) is 11.5 Å². The molecule has 2 N–H and O–H groups in total. The lowest BCUT2D eigenvalue weighted by molar-refractivity contribution is -0.121. The summed E-state index contributed by atoms with van der Waals surface area (Å²) in [7, 11) is 0. The van der Waals surface area contributed by atoms with Gasteiger partial charge in [0.25, 0.3) is 0 Å². The van der Waals surface area contributed by atoms with E-state index in [1.165, 1.54) is 0 Å². The first-order valence-corrected chi connectivity index (χ1v) is 10.9. The summed E-state index contributed by atoms with van der Waals surface area (Å²) < 4.78 is 12.8. The fourth-order valence-corrected chi connectivity index (χ4v) is 4.74. The summed E-state index contributed by atoms with van der Waals surface area (Å²) in [4.78, 5) is 28.0. The standard InChI is InChI=1S/C23H26N6O3/c24-21(30)13-23(20-6-8-26-22(27-20)28-11-9-25-15-28)7-2-1-3-10-29(23)14-17-4-5-18-19(12-17)32-16-31-18/h4-6,8-9,11-12,15H,1-3,7,10,13-14,16H2,(H2,24,30). The number of hydrogen-bond donors (Lipinski definition) is 1. The van der Waals surface area contributed by atoms with Gasteiger partial charge in [0.1, 0.15) is 6.33 Å². The molecule has 2 aromatic heterocycles. The SMILES string of the molecule is NC(=O)CC1(c2ccnc(-n3ccnc3)n2)CCCCCN1Cc1ccc2c(c1)OCO2. The molecule has 4 heterocycles. The van der Waals surface area contributed by atoms with Crippen LogP contribution in [0.4, 0.5) is 0 Å². The van der Waals surface area contributed by atoms with Crippen LogP contribution < -0.4 is 15.2 Å². The van der Waals surface area contributed by atoms with Crippen LogP contribution in [0.15, 0.2) is 49.2 Å². The summed E-state index contributed by atoms with van der Waals surface area (Å²) in [5.74, 6) is 1.69. The minimum atomic E-state index is -0.614. The number of imidazole rings is 1. The van der Waals surface area contributed by atoms with Crippen molar-refractivity contribution in [2.45, 2.75) is 44.2 Å². The third-order valence-electron chi connectivity index (χ3n) is 6.26. The lowest BCUT2D eigenvalue weighted by Crippen LogP contribution is -2.48. The Hall–Kier alpha value is -3.46. The Morgan fingerprint density at radius 1 is 1.12 bits per heavy atom. The zero-order chi connectivity index (χ0) is 22.0. The molecule has 1 fully saturated rings. The van der Waals surface area contributed by atoms with E-state index in [1.807, 2.05) is 24.3 Å². The molecule has 2 aliphatic rings. The number of fused-ring (bicyclic) bond motifs is 1. The predicted octanol–water partition coefficient (Wildman–Crippen LogP) is 2.54. The smallest absolute Gasteiger partial charge is 0.235 e. The Kier molecular flexibility index (Phi) is 5.48. The van der Waals surface area contributed by atoms with Crippen LogP contribution in [0, 0.1) is 0 Å². The van der Waals surface area contributed by atoms with Gasteiger partial charge in [-0.2, -0.15) is 0 Å². The number of primary amides is 1. The summed E-state index contributed by atoms with van der Waals surface area (Å²) in [6, 6.07) is 7.90. The van der Waals surface area contributed by atoms with Crippen molar-refractivity contribution in [2.75, 3.05) is 13.3 Å². The van der Waals surface area contributed by atoms with E-state index in [-0.39, 0.29) is 19.1 Å². The molecular weight excluding hydrogens is 408 g/mol. The van der Waals surface area contributed by atoms with E-state index in [4.69, 9.17) is 20.2 Å². The maximum atomic E-state index is 12.3. The van der Waals surface area contributed by atoms with E-state index in [2.05, 4.69) is 14.9 Å².